The maximum absolute atomic E-state index is 12.7. The zero-order chi connectivity index (χ0) is 20.3. The number of carboxylic acids is 1. The molecule has 1 heterocycles. The van der Waals surface area contributed by atoms with Crippen LogP contribution in [0.3, 0.4) is 0 Å². The molecule has 0 aromatic heterocycles. The standard InChI is InChI=1S/C23H25NO4/c1-23(2,3)19-9-4-5-10-20(19)28-18-14-24(15-18)22(27)17-8-6-7-16(13-17)11-12-21(25)26/h4-13,18H,14-15H2,1-3H3,(H,25,26)/b12-11+. The van der Waals surface area contributed by atoms with Gasteiger partial charge in [0.15, 0.2) is 0 Å². The fourth-order valence-electron chi connectivity index (χ4n) is 3.17. The summed E-state index contributed by atoms with van der Waals surface area (Å²) in [6, 6.07) is 15.0. The number of rotatable bonds is 5. The summed E-state index contributed by atoms with van der Waals surface area (Å²) >= 11 is 0. The lowest BCUT2D eigenvalue weighted by Crippen LogP contribution is -2.56. The molecule has 1 N–H and O–H groups in total. The molecule has 0 atom stereocenters. The van der Waals surface area contributed by atoms with Crippen LogP contribution in [-0.4, -0.2) is 41.1 Å². The molecule has 5 nitrogen and oxygen atoms in total. The van der Waals surface area contributed by atoms with Gasteiger partial charge >= 0.3 is 5.97 Å². The molecule has 28 heavy (non-hydrogen) atoms. The number of para-hydroxylation sites is 1. The van der Waals surface area contributed by atoms with Gasteiger partial charge in [-0.1, -0.05) is 51.1 Å². The first-order chi connectivity index (χ1) is 13.2. The molecule has 0 bridgehead atoms. The Morgan fingerprint density at radius 1 is 1.11 bits per heavy atom. The first-order valence-electron chi connectivity index (χ1n) is 9.30. The van der Waals surface area contributed by atoms with Gasteiger partial charge in [0.1, 0.15) is 11.9 Å². The molecular formula is C23H25NO4. The lowest BCUT2D eigenvalue weighted by molar-refractivity contribution is -0.131. The third kappa shape index (κ3) is 4.60. The molecule has 1 fully saturated rings. The molecule has 3 rings (SSSR count). The van der Waals surface area contributed by atoms with Crippen LogP contribution < -0.4 is 4.74 Å². The lowest BCUT2D eigenvalue weighted by Gasteiger charge is -2.40. The molecule has 1 aliphatic heterocycles. The minimum atomic E-state index is -1.02. The molecule has 0 aliphatic carbocycles. The Hall–Kier alpha value is -3.08. The maximum Gasteiger partial charge on any atom is 0.328 e. The monoisotopic (exact) mass is 379 g/mol. The summed E-state index contributed by atoms with van der Waals surface area (Å²) in [4.78, 5) is 25.1. The number of carbonyl (C=O) groups excluding carboxylic acids is 1. The highest BCUT2D eigenvalue weighted by Gasteiger charge is 2.33. The van der Waals surface area contributed by atoms with Crippen LogP contribution in [0.1, 0.15) is 42.3 Å². The van der Waals surface area contributed by atoms with E-state index in [1.807, 2.05) is 18.2 Å². The van der Waals surface area contributed by atoms with E-state index >= 15 is 0 Å². The van der Waals surface area contributed by atoms with Gasteiger partial charge in [-0.25, -0.2) is 4.79 Å². The summed E-state index contributed by atoms with van der Waals surface area (Å²) in [6.45, 7) is 7.52. The second-order valence-corrected chi connectivity index (χ2v) is 7.99. The SMILES string of the molecule is CC(C)(C)c1ccccc1OC1CN(C(=O)c2cccc(/C=C/C(=O)O)c2)C1. The zero-order valence-corrected chi connectivity index (χ0v) is 16.4. The molecule has 2 aromatic carbocycles. The van der Waals surface area contributed by atoms with E-state index in [1.165, 1.54) is 6.08 Å². The molecular weight excluding hydrogens is 354 g/mol. The second-order valence-electron chi connectivity index (χ2n) is 7.99. The van der Waals surface area contributed by atoms with Crippen LogP contribution in [0.5, 0.6) is 5.75 Å². The van der Waals surface area contributed by atoms with Crippen molar-refractivity contribution in [1.82, 2.24) is 4.90 Å². The summed E-state index contributed by atoms with van der Waals surface area (Å²) < 4.78 is 6.14. The highest BCUT2D eigenvalue weighted by atomic mass is 16.5. The molecule has 5 heteroatoms. The van der Waals surface area contributed by atoms with Gasteiger partial charge < -0.3 is 14.7 Å². The van der Waals surface area contributed by atoms with E-state index in [0.29, 0.717) is 24.2 Å². The van der Waals surface area contributed by atoms with Gasteiger partial charge in [-0.05, 0) is 40.8 Å². The number of benzene rings is 2. The van der Waals surface area contributed by atoms with Crippen LogP contribution in [0.4, 0.5) is 0 Å². The van der Waals surface area contributed by atoms with Crippen molar-refractivity contribution in [3.05, 3.63) is 71.3 Å². The topological polar surface area (TPSA) is 66.8 Å². The van der Waals surface area contributed by atoms with Crippen LogP contribution in [0.25, 0.3) is 6.08 Å². The molecule has 146 valence electrons. The van der Waals surface area contributed by atoms with E-state index in [1.54, 1.807) is 29.2 Å². The first-order valence-corrected chi connectivity index (χ1v) is 9.30. The first kappa shape index (κ1) is 19.7. The van der Waals surface area contributed by atoms with E-state index < -0.39 is 5.97 Å². The van der Waals surface area contributed by atoms with E-state index in [2.05, 4.69) is 26.8 Å². The van der Waals surface area contributed by atoms with Crippen molar-refractivity contribution in [3.63, 3.8) is 0 Å². The normalized spacial score (nSPS) is 14.8. The number of amides is 1. The average molecular weight is 379 g/mol. The van der Waals surface area contributed by atoms with Gasteiger partial charge in [0.05, 0.1) is 13.1 Å². The van der Waals surface area contributed by atoms with Crippen molar-refractivity contribution in [2.45, 2.75) is 32.3 Å². The number of hydrogen-bond donors (Lipinski definition) is 1. The second kappa shape index (κ2) is 7.89. The molecule has 0 unspecified atom stereocenters. The number of hydrogen-bond acceptors (Lipinski definition) is 3. The minimum absolute atomic E-state index is 0.0141. The Labute approximate surface area is 165 Å². The van der Waals surface area contributed by atoms with E-state index in [9.17, 15) is 9.59 Å². The Morgan fingerprint density at radius 2 is 1.82 bits per heavy atom. The van der Waals surface area contributed by atoms with Crippen LogP contribution in [-0.2, 0) is 10.2 Å². The van der Waals surface area contributed by atoms with E-state index in [4.69, 9.17) is 9.84 Å². The number of nitrogens with zero attached hydrogens (tertiary/aromatic N) is 1. The van der Waals surface area contributed by atoms with Gasteiger partial charge in [-0.2, -0.15) is 0 Å². The molecule has 1 amide bonds. The number of likely N-dealkylation sites (tertiary alicyclic amines) is 1. The highest BCUT2D eigenvalue weighted by Crippen LogP contribution is 2.32. The fourth-order valence-corrected chi connectivity index (χ4v) is 3.17. The maximum atomic E-state index is 12.7. The zero-order valence-electron chi connectivity index (χ0n) is 16.4. The Morgan fingerprint density at radius 3 is 2.50 bits per heavy atom. The van der Waals surface area contributed by atoms with Crippen LogP contribution in [0, 0.1) is 0 Å². The van der Waals surface area contributed by atoms with Crippen molar-refractivity contribution >= 4 is 18.0 Å². The number of carbonyl (C=O) groups is 2. The van der Waals surface area contributed by atoms with Crippen LogP contribution in [0.15, 0.2) is 54.6 Å². The minimum Gasteiger partial charge on any atom is -0.486 e. The Balaban J connectivity index is 1.62. The number of carboxylic acid groups (broad SMARTS) is 1. The van der Waals surface area contributed by atoms with E-state index in [0.717, 1.165) is 17.4 Å². The molecule has 0 radical (unpaired) electrons. The van der Waals surface area contributed by atoms with Gasteiger partial charge in [0.25, 0.3) is 5.91 Å². The smallest absolute Gasteiger partial charge is 0.328 e. The Bertz CT molecular complexity index is 905. The molecule has 0 spiro atoms. The summed E-state index contributed by atoms with van der Waals surface area (Å²) in [6.07, 6.45) is 2.51. The molecule has 2 aromatic rings. The lowest BCUT2D eigenvalue weighted by atomic mass is 9.86. The Kier molecular flexibility index (Phi) is 5.54. The van der Waals surface area contributed by atoms with Gasteiger partial charge in [-0.15, -0.1) is 0 Å². The van der Waals surface area contributed by atoms with Crippen molar-refractivity contribution in [2.75, 3.05) is 13.1 Å². The summed E-state index contributed by atoms with van der Waals surface area (Å²) in [5.74, 6) is -0.225. The summed E-state index contributed by atoms with van der Waals surface area (Å²) in [7, 11) is 0. The number of aliphatic carboxylic acids is 1. The van der Waals surface area contributed by atoms with Gasteiger partial charge in [-0.3, -0.25) is 4.79 Å². The van der Waals surface area contributed by atoms with Crippen molar-refractivity contribution in [2.24, 2.45) is 0 Å². The van der Waals surface area contributed by atoms with Crippen molar-refractivity contribution in [3.8, 4) is 5.75 Å². The van der Waals surface area contributed by atoms with E-state index in [-0.39, 0.29) is 17.4 Å². The molecule has 0 saturated carbocycles. The highest BCUT2D eigenvalue weighted by molar-refractivity contribution is 5.95. The predicted octanol–water partition coefficient (Wildman–Crippen LogP) is 3.99. The summed E-state index contributed by atoms with van der Waals surface area (Å²) in [5, 5.41) is 8.73. The third-order valence-electron chi connectivity index (χ3n) is 4.68. The number of ether oxygens (including phenoxy) is 1. The van der Waals surface area contributed by atoms with Crippen LogP contribution in [0.2, 0.25) is 0 Å². The average Bonchev–Trinajstić information content (AvgIpc) is 2.62. The van der Waals surface area contributed by atoms with Gasteiger partial charge in [0, 0.05) is 11.6 Å². The third-order valence-corrected chi connectivity index (χ3v) is 4.68. The predicted molar refractivity (Wildman–Crippen MR) is 109 cm³/mol. The fraction of sp³-hybridized carbons (Fsp3) is 0.304. The largest absolute Gasteiger partial charge is 0.486 e. The summed E-state index contributed by atoms with van der Waals surface area (Å²) in [5.41, 5.74) is 2.36. The van der Waals surface area contributed by atoms with Crippen LogP contribution >= 0.6 is 0 Å². The molecule has 1 saturated heterocycles. The quantitative estimate of drug-likeness (QED) is 0.798. The molecule has 1 aliphatic rings. The van der Waals surface area contributed by atoms with Crippen molar-refractivity contribution in [1.29, 1.82) is 0 Å². The van der Waals surface area contributed by atoms with Gasteiger partial charge in [0.2, 0.25) is 0 Å². The van der Waals surface area contributed by atoms with Crippen molar-refractivity contribution < 1.29 is 19.4 Å².